The van der Waals surface area contributed by atoms with Crippen molar-refractivity contribution < 1.29 is 43.9 Å². The second-order valence-corrected chi connectivity index (χ2v) is 5.55. The van der Waals surface area contributed by atoms with Gasteiger partial charge in [0.1, 0.15) is 23.3 Å². The van der Waals surface area contributed by atoms with E-state index in [9.17, 15) is 43.9 Å². The Labute approximate surface area is 160 Å². The molecule has 2 nitrogen and oxygen atoms in total. The lowest BCUT2D eigenvalue weighted by Gasteiger charge is -2.34. The summed E-state index contributed by atoms with van der Waals surface area (Å²) < 4.78 is 135. The molecule has 3 aromatic carbocycles. The molecule has 0 aliphatic heterocycles. The van der Waals surface area contributed by atoms with Gasteiger partial charge >= 0.3 is 0 Å². The Hall–Kier alpha value is -3.44. The van der Waals surface area contributed by atoms with Gasteiger partial charge in [-0.05, 0) is 0 Å². The monoisotopic (exact) mass is 438 g/mol. The highest BCUT2D eigenvalue weighted by atomic mass is 19.2. The zero-order valence-corrected chi connectivity index (χ0v) is 14.0. The quantitative estimate of drug-likeness (QED) is 0.226. The summed E-state index contributed by atoms with van der Waals surface area (Å²) in [6, 6.07) is 4.07. The summed E-state index contributed by atoms with van der Waals surface area (Å²) in [4.78, 5) is 0. The molecular formula is C18H4F10N2-2. The molecule has 0 aromatic heterocycles. The number of nitrogens with zero attached hydrogens (tertiary/aromatic N) is 2. The fraction of sp³-hybridized carbons (Fsp3) is 0. The van der Waals surface area contributed by atoms with Crippen molar-refractivity contribution >= 4 is 22.7 Å². The molecule has 0 radical (unpaired) electrons. The number of para-hydroxylation sites is 2. The third-order valence-corrected chi connectivity index (χ3v) is 3.72. The van der Waals surface area contributed by atoms with Crippen molar-refractivity contribution in [2.75, 3.05) is 0 Å². The molecule has 0 bridgehead atoms. The van der Waals surface area contributed by atoms with Crippen LogP contribution in [0.3, 0.4) is 0 Å². The molecule has 0 atom stereocenters. The summed E-state index contributed by atoms with van der Waals surface area (Å²) in [6.45, 7) is 0. The van der Waals surface area contributed by atoms with Gasteiger partial charge < -0.3 is 10.6 Å². The average Bonchev–Trinajstić information content (AvgIpc) is 2.75. The average molecular weight is 438 g/mol. The van der Waals surface area contributed by atoms with E-state index in [-0.39, 0.29) is 0 Å². The van der Waals surface area contributed by atoms with Gasteiger partial charge in [0.25, 0.3) is 0 Å². The topological polar surface area (TPSA) is 28.2 Å². The van der Waals surface area contributed by atoms with Crippen molar-refractivity contribution in [1.82, 2.24) is 0 Å². The summed E-state index contributed by atoms with van der Waals surface area (Å²) >= 11 is 0. The predicted molar refractivity (Wildman–Crippen MR) is 84.3 cm³/mol. The van der Waals surface area contributed by atoms with Crippen LogP contribution in [0.15, 0.2) is 24.3 Å². The largest absolute Gasteiger partial charge is 0.654 e. The van der Waals surface area contributed by atoms with Gasteiger partial charge in [-0.15, -0.1) is 0 Å². The molecule has 0 spiro atoms. The molecule has 3 rings (SSSR count). The zero-order valence-electron chi connectivity index (χ0n) is 14.0. The van der Waals surface area contributed by atoms with Gasteiger partial charge in [0.15, 0.2) is 34.9 Å². The summed E-state index contributed by atoms with van der Waals surface area (Å²) in [5.74, 6) is -23.3. The van der Waals surface area contributed by atoms with Crippen molar-refractivity contribution in [2.45, 2.75) is 0 Å². The molecule has 0 saturated heterocycles. The number of hydrogen-bond donors (Lipinski definition) is 0. The summed E-state index contributed by atoms with van der Waals surface area (Å²) in [5.41, 5.74) is -4.67. The Morgan fingerprint density at radius 3 is 0.867 bits per heavy atom. The molecule has 30 heavy (non-hydrogen) atoms. The van der Waals surface area contributed by atoms with Crippen molar-refractivity contribution in [1.29, 1.82) is 0 Å². The number of hydrogen-bond acceptors (Lipinski definition) is 0. The third kappa shape index (κ3) is 3.37. The van der Waals surface area contributed by atoms with E-state index in [4.69, 9.17) is 0 Å². The van der Waals surface area contributed by atoms with Crippen molar-refractivity contribution in [3.05, 3.63) is 93.1 Å². The summed E-state index contributed by atoms with van der Waals surface area (Å²) in [6.07, 6.45) is 0. The molecule has 3 aromatic rings. The van der Waals surface area contributed by atoms with E-state index in [1.165, 1.54) is 0 Å². The van der Waals surface area contributed by atoms with Gasteiger partial charge in [0.05, 0.1) is 0 Å². The fourth-order valence-electron chi connectivity index (χ4n) is 2.28. The van der Waals surface area contributed by atoms with E-state index >= 15 is 0 Å². The molecule has 158 valence electrons. The van der Waals surface area contributed by atoms with Gasteiger partial charge in [0, 0.05) is 0 Å². The van der Waals surface area contributed by atoms with Crippen LogP contribution in [0.25, 0.3) is 10.6 Å². The first kappa shape index (κ1) is 21.3. The molecule has 0 fully saturated rings. The normalized spacial score (nSPS) is 11.0. The summed E-state index contributed by atoms with van der Waals surface area (Å²) in [5, 5.41) is 6.45. The van der Waals surface area contributed by atoms with Gasteiger partial charge in [0.2, 0.25) is 0 Å². The van der Waals surface area contributed by atoms with E-state index < -0.39 is 80.9 Å². The number of halogens is 10. The number of rotatable bonds is 4. The highest BCUT2D eigenvalue weighted by molar-refractivity contribution is 5.85. The second kappa shape index (κ2) is 7.76. The molecule has 0 heterocycles. The minimum atomic E-state index is -2.44. The van der Waals surface area contributed by atoms with Crippen LogP contribution in [0.4, 0.5) is 66.7 Å². The Balaban J connectivity index is 2.09. The number of benzene rings is 3. The maximum absolute atomic E-state index is 13.8. The minimum Gasteiger partial charge on any atom is -0.654 e. The Morgan fingerprint density at radius 1 is 0.367 bits per heavy atom. The first-order valence-electron chi connectivity index (χ1n) is 7.61. The van der Waals surface area contributed by atoms with Gasteiger partial charge in [-0.25, -0.2) is 43.9 Å². The van der Waals surface area contributed by atoms with Crippen molar-refractivity contribution in [3.8, 4) is 0 Å². The molecule has 0 unspecified atom stereocenters. The zero-order chi connectivity index (χ0) is 22.3. The molecule has 12 heteroatoms. The van der Waals surface area contributed by atoms with E-state index in [0.717, 1.165) is 24.3 Å². The lowest BCUT2D eigenvalue weighted by molar-refractivity contribution is 0.382. The lowest BCUT2D eigenvalue weighted by atomic mass is 10.2. The van der Waals surface area contributed by atoms with Crippen LogP contribution >= 0.6 is 0 Å². The van der Waals surface area contributed by atoms with Crippen LogP contribution in [-0.4, -0.2) is 0 Å². The Bertz CT molecular complexity index is 1010. The maximum atomic E-state index is 13.8. The van der Waals surface area contributed by atoms with Gasteiger partial charge in [-0.3, -0.25) is 0 Å². The molecule has 0 amide bonds. The fourth-order valence-corrected chi connectivity index (χ4v) is 2.28. The van der Waals surface area contributed by atoms with E-state index in [1.807, 2.05) is 0 Å². The predicted octanol–water partition coefficient (Wildman–Crippen LogP) is 7.75. The standard InChI is InChI=1S/C18H4F10N2/c19-7-9(21)13(25)17(14(26)10(7)22)29-5-3-1-2-4-6(5)30-18-15(27)11(23)8(20)12(24)16(18)28/h1-4H/q-2. The lowest BCUT2D eigenvalue weighted by Crippen LogP contribution is -2.01. The molecular weight excluding hydrogens is 434 g/mol. The van der Waals surface area contributed by atoms with E-state index in [1.54, 1.807) is 0 Å². The highest BCUT2D eigenvalue weighted by Crippen LogP contribution is 2.47. The second-order valence-electron chi connectivity index (χ2n) is 5.55. The van der Waals surface area contributed by atoms with Gasteiger partial charge in [-0.2, -0.15) is 11.4 Å². The van der Waals surface area contributed by atoms with Crippen LogP contribution in [0.2, 0.25) is 0 Å². The molecule has 0 N–H and O–H groups in total. The van der Waals surface area contributed by atoms with Crippen LogP contribution in [0.5, 0.6) is 0 Å². The highest BCUT2D eigenvalue weighted by Gasteiger charge is 2.22. The smallest absolute Gasteiger partial charge is 0.200 e. The first-order chi connectivity index (χ1) is 14.1. The van der Waals surface area contributed by atoms with Crippen molar-refractivity contribution in [3.63, 3.8) is 0 Å². The Kier molecular flexibility index (Phi) is 5.51. The van der Waals surface area contributed by atoms with Crippen LogP contribution in [0, 0.1) is 58.2 Å². The summed E-state index contributed by atoms with van der Waals surface area (Å²) in [7, 11) is 0. The first-order valence-corrected chi connectivity index (χ1v) is 7.61. The molecule has 0 aliphatic carbocycles. The molecule has 0 saturated carbocycles. The van der Waals surface area contributed by atoms with Crippen LogP contribution in [0.1, 0.15) is 0 Å². The SMILES string of the molecule is Fc1c(F)c(F)c([N-]c2ccccc2[N-]c2c(F)c(F)c(F)c(F)c2F)c(F)c1F. The van der Waals surface area contributed by atoms with Crippen LogP contribution in [-0.2, 0) is 0 Å². The Morgan fingerprint density at radius 2 is 0.600 bits per heavy atom. The van der Waals surface area contributed by atoms with E-state index in [0.29, 0.717) is 0 Å². The third-order valence-electron chi connectivity index (χ3n) is 3.72. The van der Waals surface area contributed by atoms with Crippen molar-refractivity contribution in [2.24, 2.45) is 0 Å². The minimum absolute atomic E-state index is 0.690. The van der Waals surface area contributed by atoms with Crippen LogP contribution < -0.4 is 0 Å². The van der Waals surface area contributed by atoms with E-state index in [2.05, 4.69) is 10.6 Å². The molecule has 0 aliphatic rings. The van der Waals surface area contributed by atoms with Gasteiger partial charge in [-0.1, -0.05) is 35.6 Å². The maximum Gasteiger partial charge on any atom is 0.200 e.